The quantitative estimate of drug-likeness (QED) is 0.380. The van der Waals surface area contributed by atoms with Crippen LogP contribution >= 0.6 is 0 Å². The van der Waals surface area contributed by atoms with E-state index in [2.05, 4.69) is 10.3 Å². The van der Waals surface area contributed by atoms with Crippen LogP contribution in [0.2, 0.25) is 0 Å². The van der Waals surface area contributed by atoms with E-state index in [0.717, 1.165) is 0 Å². The van der Waals surface area contributed by atoms with Gasteiger partial charge < -0.3 is 25.3 Å². The fourth-order valence-electron chi connectivity index (χ4n) is 1.16. The third-order valence-electron chi connectivity index (χ3n) is 1.87. The molecule has 0 spiro atoms. The zero-order valence-electron chi connectivity index (χ0n) is 8.92. The van der Waals surface area contributed by atoms with Crippen molar-refractivity contribution >= 4 is 11.6 Å². The molecule has 0 aliphatic rings. The predicted octanol–water partition coefficient (Wildman–Crippen LogP) is -0.251. The van der Waals surface area contributed by atoms with Gasteiger partial charge in [0.05, 0.1) is 19.8 Å². The van der Waals surface area contributed by atoms with Crippen molar-refractivity contribution in [1.82, 2.24) is 9.55 Å². The first-order chi connectivity index (χ1) is 7.66. The highest BCUT2D eigenvalue weighted by atomic mass is 16.6. The maximum Gasteiger partial charge on any atom is 0.406 e. The summed E-state index contributed by atoms with van der Waals surface area (Å²) in [4.78, 5) is 13.7. The number of nitrogens with one attached hydrogen (secondary N) is 1. The van der Waals surface area contributed by atoms with Crippen LogP contribution in [-0.2, 0) is 11.8 Å². The van der Waals surface area contributed by atoms with E-state index >= 15 is 0 Å². The maximum atomic E-state index is 10.6. The Morgan fingerprint density at radius 2 is 2.44 bits per heavy atom. The molecule has 0 radical (unpaired) electrons. The number of rotatable bonds is 7. The summed E-state index contributed by atoms with van der Waals surface area (Å²) >= 11 is 0. The summed E-state index contributed by atoms with van der Waals surface area (Å²) in [6, 6.07) is 0. The molecule has 0 atom stereocenters. The van der Waals surface area contributed by atoms with Crippen molar-refractivity contribution in [2.24, 2.45) is 7.05 Å². The molecule has 0 aromatic carbocycles. The molecule has 16 heavy (non-hydrogen) atoms. The molecule has 1 aromatic heterocycles. The smallest absolute Gasteiger partial charge is 0.394 e. The summed E-state index contributed by atoms with van der Waals surface area (Å²) < 4.78 is 6.54. The molecular weight excluding hydrogens is 216 g/mol. The summed E-state index contributed by atoms with van der Waals surface area (Å²) in [6.07, 6.45) is 1.37. The minimum atomic E-state index is -0.545. The van der Waals surface area contributed by atoms with E-state index in [1.54, 1.807) is 7.05 Å². The Hall–Kier alpha value is -1.67. The van der Waals surface area contributed by atoms with Gasteiger partial charge in [-0.25, -0.2) is 0 Å². The van der Waals surface area contributed by atoms with Gasteiger partial charge in [0.25, 0.3) is 0 Å². The molecule has 1 heterocycles. The number of nitro groups is 1. The second kappa shape index (κ2) is 6.03. The highest BCUT2D eigenvalue weighted by Gasteiger charge is 2.18. The molecule has 0 saturated carbocycles. The van der Waals surface area contributed by atoms with Gasteiger partial charge in [0.1, 0.15) is 0 Å². The summed E-state index contributed by atoms with van der Waals surface area (Å²) in [5.74, 6) is 0.141. The zero-order valence-corrected chi connectivity index (χ0v) is 8.92. The van der Waals surface area contributed by atoms with Gasteiger partial charge in [0, 0.05) is 13.6 Å². The van der Waals surface area contributed by atoms with E-state index < -0.39 is 4.92 Å². The lowest BCUT2D eigenvalue weighted by Gasteiger charge is -2.06. The van der Waals surface area contributed by atoms with Crippen LogP contribution < -0.4 is 5.32 Å². The van der Waals surface area contributed by atoms with Crippen molar-refractivity contribution in [3.8, 4) is 0 Å². The van der Waals surface area contributed by atoms with Crippen LogP contribution in [0.25, 0.3) is 0 Å². The van der Waals surface area contributed by atoms with Gasteiger partial charge in [-0.3, -0.25) is 4.57 Å². The van der Waals surface area contributed by atoms with Crippen LogP contribution in [0.5, 0.6) is 0 Å². The molecule has 1 aromatic rings. The van der Waals surface area contributed by atoms with E-state index in [1.165, 1.54) is 10.9 Å². The molecule has 1 rings (SSSR count). The topological polar surface area (TPSA) is 102 Å². The number of aryl methyl sites for hydroxylation is 1. The Balaban J connectivity index is 2.46. The van der Waals surface area contributed by atoms with Crippen LogP contribution in [0.4, 0.5) is 11.6 Å². The Labute approximate surface area is 92.0 Å². The zero-order chi connectivity index (χ0) is 12.0. The Morgan fingerprint density at radius 3 is 3.06 bits per heavy atom. The standard InChI is InChI=1S/C8H14N4O4/c1-11-6-10-8(12(14)15)7(11)9-2-4-16-5-3-13/h6,9,13H,2-5H2,1H3. The monoisotopic (exact) mass is 230 g/mol. The highest BCUT2D eigenvalue weighted by Crippen LogP contribution is 2.20. The first kappa shape index (κ1) is 12.4. The summed E-state index contributed by atoms with van der Waals surface area (Å²) in [6.45, 7) is 1.00. The van der Waals surface area contributed by atoms with Gasteiger partial charge in [-0.05, 0) is 9.91 Å². The average molecular weight is 230 g/mol. The number of aliphatic hydroxyl groups excluding tert-OH is 1. The average Bonchev–Trinajstić information content (AvgIpc) is 2.60. The Morgan fingerprint density at radius 1 is 1.69 bits per heavy atom. The van der Waals surface area contributed by atoms with Gasteiger partial charge in [-0.15, -0.1) is 0 Å². The largest absolute Gasteiger partial charge is 0.406 e. The van der Waals surface area contributed by atoms with Gasteiger partial charge in [-0.1, -0.05) is 0 Å². The van der Waals surface area contributed by atoms with Crippen molar-refractivity contribution < 1.29 is 14.8 Å². The molecule has 0 saturated heterocycles. The molecule has 90 valence electrons. The molecule has 0 bridgehead atoms. The van der Waals surface area contributed by atoms with E-state index in [-0.39, 0.29) is 19.0 Å². The number of nitrogens with zero attached hydrogens (tertiary/aromatic N) is 3. The predicted molar refractivity (Wildman–Crippen MR) is 56.3 cm³/mol. The van der Waals surface area contributed by atoms with Gasteiger partial charge in [-0.2, -0.15) is 0 Å². The van der Waals surface area contributed by atoms with E-state index in [1.807, 2.05) is 0 Å². The first-order valence-corrected chi connectivity index (χ1v) is 4.75. The highest BCUT2D eigenvalue weighted by molar-refractivity contribution is 5.51. The lowest BCUT2D eigenvalue weighted by molar-refractivity contribution is -0.388. The van der Waals surface area contributed by atoms with E-state index in [4.69, 9.17) is 9.84 Å². The molecule has 0 fully saturated rings. The lowest BCUT2D eigenvalue weighted by atomic mass is 10.5. The van der Waals surface area contributed by atoms with Gasteiger partial charge >= 0.3 is 5.82 Å². The van der Waals surface area contributed by atoms with Gasteiger partial charge in [0.2, 0.25) is 12.1 Å². The Kier molecular flexibility index (Phi) is 4.67. The number of aliphatic hydroxyl groups is 1. The number of ether oxygens (including phenoxy) is 1. The SMILES string of the molecule is Cn1cnc([N+](=O)[O-])c1NCCOCCO. The summed E-state index contributed by atoms with van der Waals surface area (Å²) in [5, 5.41) is 21.9. The molecule has 0 unspecified atom stereocenters. The number of aromatic nitrogens is 2. The normalized spacial score (nSPS) is 10.4. The fraction of sp³-hybridized carbons (Fsp3) is 0.625. The molecular formula is C8H14N4O4. The van der Waals surface area contributed by atoms with Crippen LogP contribution in [0.1, 0.15) is 0 Å². The lowest BCUT2D eigenvalue weighted by Crippen LogP contribution is -2.13. The molecule has 2 N–H and O–H groups in total. The van der Waals surface area contributed by atoms with E-state index in [0.29, 0.717) is 19.0 Å². The molecule has 8 nitrogen and oxygen atoms in total. The third kappa shape index (κ3) is 3.17. The summed E-state index contributed by atoms with van der Waals surface area (Å²) in [5.41, 5.74) is 0. The first-order valence-electron chi connectivity index (χ1n) is 4.75. The molecule has 0 amide bonds. The number of imidazole rings is 1. The number of hydrogen-bond acceptors (Lipinski definition) is 6. The van der Waals surface area contributed by atoms with Crippen LogP contribution in [0, 0.1) is 10.1 Å². The molecule has 0 aliphatic heterocycles. The van der Waals surface area contributed by atoms with Crippen LogP contribution in [0.3, 0.4) is 0 Å². The molecule has 0 aliphatic carbocycles. The minimum absolute atomic E-state index is 0.0359. The second-order valence-electron chi connectivity index (χ2n) is 3.05. The minimum Gasteiger partial charge on any atom is -0.394 e. The number of hydrogen-bond donors (Lipinski definition) is 2. The van der Waals surface area contributed by atoms with Crippen molar-refractivity contribution in [2.75, 3.05) is 31.7 Å². The second-order valence-corrected chi connectivity index (χ2v) is 3.05. The third-order valence-corrected chi connectivity index (χ3v) is 1.87. The fourth-order valence-corrected chi connectivity index (χ4v) is 1.16. The van der Waals surface area contributed by atoms with Gasteiger partial charge in [0.15, 0.2) is 0 Å². The molecule has 8 heteroatoms. The Bertz CT molecular complexity index is 352. The van der Waals surface area contributed by atoms with Crippen LogP contribution in [-0.4, -0.2) is 45.9 Å². The summed E-state index contributed by atoms with van der Waals surface area (Å²) in [7, 11) is 1.66. The van der Waals surface area contributed by atoms with Crippen molar-refractivity contribution in [2.45, 2.75) is 0 Å². The van der Waals surface area contributed by atoms with Crippen LogP contribution in [0.15, 0.2) is 6.33 Å². The number of anilines is 1. The maximum absolute atomic E-state index is 10.6. The van der Waals surface area contributed by atoms with E-state index in [9.17, 15) is 10.1 Å². The van der Waals surface area contributed by atoms with Crippen molar-refractivity contribution in [3.05, 3.63) is 16.4 Å². The van der Waals surface area contributed by atoms with Crippen molar-refractivity contribution in [1.29, 1.82) is 0 Å². The van der Waals surface area contributed by atoms with Crippen molar-refractivity contribution in [3.63, 3.8) is 0 Å².